The molecule has 1 aromatic carbocycles. The van der Waals surface area contributed by atoms with Gasteiger partial charge in [0.05, 0.1) is 5.56 Å². The monoisotopic (exact) mass is 526 g/mol. The van der Waals surface area contributed by atoms with Gasteiger partial charge in [0.1, 0.15) is 5.82 Å². The molecule has 0 radical (unpaired) electrons. The van der Waals surface area contributed by atoms with Crippen LogP contribution in [0.3, 0.4) is 0 Å². The van der Waals surface area contributed by atoms with Gasteiger partial charge in [-0.3, -0.25) is 14.4 Å². The third kappa shape index (κ3) is 6.67. The molecule has 0 atom stereocenters. The van der Waals surface area contributed by atoms with Crippen LogP contribution < -0.4 is 21.7 Å². The van der Waals surface area contributed by atoms with Crippen LogP contribution in [0.15, 0.2) is 41.5 Å². The lowest BCUT2D eigenvalue weighted by Gasteiger charge is -2.18. The zero-order valence-electron chi connectivity index (χ0n) is 22.2. The molecular weight excluding hydrogens is 491 g/mol. The molecule has 204 valence electrons. The zero-order chi connectivity index (χ0) is 27.8. The molecule has 10 nitrogen and oxygen atoms in total. The number of ether oxygens (including phenoxy) is 1. The van der Waals surface area contributed by atoms with Crippen LogP contribution in [0.2, 0.25) is 0 Å². The number of anilines is 1. The summed E-state index contributed by atoms with van der Waals surface area (Å²) in [4.78, 5) is 44.2. The summed E-state index contributed by atoms with van der Waals surface area (Å²) < 4.78 is 19.5. The number of aromatic nitrogens is 1. The number of hydrogen-bond donors (Lipinski definition) is 5. The SMILES string of the molecule is CCN(CC)CCNC(=O)c1c(C)[nH]c(/C=C2/OC(Nc3cccc(F)c3)=C(C(=O)NCCN)C2=O)c1C. The molecule has 0 fully saturated rings. The largest absolute Gasteiger partial charge is 0.436 e. The fourth-order valence-corrected chi connectivity index (χ4v) is 4.14. The maximum absolute atomic E-state index is 13.7. The molecule has 11 heteroatoms. The number of nitrogens with one attached hydrogen (secondary N) is 4. The van der Waals surface area contributed by atoms with Gasteiger partial charge < -0.3 is 36.3 Å². The van der Waals surface area contributed by atoms with Gasteiger partial charge in [-0.25, -0.2) is 4.39 Å². The summed E-state index contributed by atoms with van der Waals surface area (Å²) in [6, 6.07) is 5.54. The fraction of sp³-hybridized carbons (Fsp3) is 0.370. The van der Waals surface area contributed by atoms with Crippen LogP contribution in [-0.4, -0.2) is 66.8 Å². The number of nitrogens with zero attached hydrogens (tertiary/aromatic N) is 1. The minimum absolute atomic E-state index is 0.125. The van der Waals surface area contributed by atoms with Gasteiger partial charge in [0.15, 0.2) is 11.3 Å². The van der Waals surface area contributed by atoms with Gasteiger partial charge in [-0.15, -0.1) is 0 Å². The van der Waals surface area contributed by atoms with E-state index in [0.29, 0.717) is 34.7 Å². The summed E-state index contributed by atoms with van der Waals surface area (Å²) in [6.45, 7) is 11.1. The lowest BCUT2D eigenvalue weighted by molar-refractivity contribution is -0.121. The van der Waals surface area contributed by atoms with Gasteiger partial charge in [0, 0.05) is 49.3 Å². The summed E-state index contributed by atoms with van der Waals surface area (Å²) in [6.07, 6.45) is 1.45. The number of Topliss-reactive ketones (excluding diaryl/α,β-unsaturated/α-hetero) is 1. The van der Waals surface area contributed by atoms with Gasteiger partial charge >= 0.3 is 0 Å². The van der Waals surface area contributed by atoms with E-state index in [2.05, 4.69) is 39.7 Å². The highest BCUT2D eigenvalue weighted by molar-refractivity contribution is 6.28. The van der Waals surface area contributed by atoms with Crippen molar-refractivity contribution in [1.29, 1.82) is 0 Å². The van der Waals surface area contributed by atoms with Crippen molar-refractivity contribution in [2.45, 2.75) is 27.7 Å². The number of allylic oxidation sites excluding steroid dienone is 1. The van der Waals surface area contributed by atoms with Crippen LogP contribution >= 0.6 is 0 Å². The fourth-order valence-electron chi connectivity index (χ4n) is 4.14. The number of amides is 2. The first kappa shape index (κ1) is 28.6. The Morgan fingerprint density at radius 2 is 1.84 bits per heavy atom. The number of carbonyl (C=O) groups is 3. The number of aryl methyl sites for hydroxylation is 1. The number of likely N-dealkylation sites (N-methyl/N-ethyl adjacent to an activating group) is 1. The van der Waals surface area contributed by atoms with Crippen molar-refractivity contribution in [1.82, 2.24) is 20.5 Å². The van der Waals surface area contributed by atoms with Gasteiger partial charge in [-0.1, -0.05) is 19.9 Å². The molecule has 0 spiro atoms. The topological polar surface area (TPSA) is 142 Å². The molecule has 0 unspecified atom stereocenters. The highest BCUT2D eigenvalue weighted by atomic mass is 19.1. The number of H-pyrrole nitrogens is 1. The Labute approximate surface area is 221 Å². The smallest absolute Gasteiger partial charge is 0.260 e. The number of hydrogen-bond acceptors (Lipinski definition) is 7. The third-order valence-electron chi connectivity index (χ3n) is 6.22. The molecule has 2 amide bonds. The molecule has 0 saturated carbocycles. The Balaban J connectivity index is 1.85. The first-order valence-electron chi connectivity index (χ1n) is 12.6. The van der Waals surface area contributed by atoms with Crippen molar-refractivity contribution >= 4 is 29.4 Å². The van der Waals surface area contributed by atoms with E-state index in [0.717, 1.165) is 19.6 Å². The van der Waals surface area contributed by atoms with Gasteiger partial charge in [0.2, 0.25) is 11.7 Å². The van der Waals surface area contributed by atoms with E-state index in [-0.39, 0.29) is 36.2 Å². The number of carbonyl (C=O) groups excluding carboxylic acids is 3. The number of nitrogens with two attached hydrogens (primary N) is 1. The average Bonchev–Trinajstić information content (AvgIpc) is 3.34. The number of aromatic amines is 1. The first-order valence-corrected chi connectivity index (χ1v) is 12.6. The number of rotatable bonds is 12. The Morgan fingerprint density at radius 3 is 2.50 bits per heavy atom. The molecule has 2 heterocycles. The van der Waals surface area contributed by atoms with Crippen LogP contribution in [0.1, 0.15) is 41.2 Å². The van der Waals surface area contributed by atoms with E-state index < -0.39 is 17.5 Å². The number of ketones is 1. The first-order chi connectivity index (χ1) is 18.2. The average molecular weight is 527 g/mol. The van der Waals surface area contributed by atoms with Gasteiger partial charge in [-0.05, 0) is 50.7 Å². The minimum Gasteiger partial charge on any atom is -0.436 e. The molecule has 1 aliphatic rings. The predicted molar refractivity (Wildman–Crippen MR) is 144 cm³/mol. The van der Waals surface area contributed by atoms with E-state index in [1.807, 2.05) is 0 Å². The van der Waals surface area contributed by atoms with Crippen molar-refractivity contribution in [3.63, 3.8) is 0 Å². The molecule has 0 saturated heterocycles. The Bertz CT molecular complexity index is 1260. The molecule has 0 aliphatic carbocycles. The second-order valence-corrected chi connectivity index (χ2v) is 8.77. The van der Waals surface area contributed by atoms with E-state index >= 15 is 0 Å². The van der Waals surface area contributed by atoms with Gasteiger partial charge in [-0.2, -0.15) is 0 Å². The minimum atomic E-state index is -0.671. The standard InChI is InChI=1S/C27H35FN6O4/c1-5-34(6-2)13-12-31-25(36)22-16(3)20(32-17(22)4)15-21-24(35)23(26(37)30-11-10-29)27(38-21)33-19-9-7-8-18(28)14-19/h7-9,14-15,32-33H,5-6,10-13,29H2,1-4H3,(H,30,37)(H,31,36)/b21-15+. The maximum atomic E-state index is 13.7. The second kappa shape index (κ2) is 13.0. The summed E-state index contributed by atoms with van der Waals surface area (Å²) in [5.41, 5.74) is 7.75. The quantitative estimate of drug-likeness (QED) is 0.211. The van der Waals surface area contributed by atoms with E-state index in [1.165, 1.54) is 24.3 Å². The van der Waals surface area contributed by atoms with E-state index in [9.17, 15) is 18.8 Å². The van der Waals surface area contributed by atoms with Gasteiger partial charge in [0.25, 0.3) is 11.8 Å². The molecular formula is C27H35FN6O4. The lowest BCUT2D eigenvalue weighted by atomic mass is 10.1. The van der Waals surface area contributed by atoms with Crippen molar-refractivity contribution in [2.75, 3.05) is 44.6 Å². The van der Waals surface area contributed by atoms with Crippen molar-refractivity contribution in [3.05, 3.63) is 69.8 Å². The normalized spacial score (nSPS) is 14.3. The van der Waals surface area contributed by atoms with Crippen molar-refractivity contribution in [2.24, 2.45) is 5.73 Å². The Hall–Kier alpha value is -3.96. The van der Waals surface area contributed by atoms with Crippen LogP contribution in [0.5, 0.6) is 0 Å². The van der Waals surface area contributed by atoms with Crippen LogP contribution in [-0.2, 0) is 14.3 Å². The number of benzene rings is 1. The summed E-state index contributed by atoms with van der Waals surface area (Å²) in [7, 11) is 0. The lowest BCUT2D eigenvalue weighted by Crippen LogP contribution is -2.35. The van der Waals surface area contributed by atoms with Crippen LogP contribution in [0.25, 0.3) is 6.08 Å². The zero-order valence-corrected chi connectivity index (χ0v) is 22.2. The molecule has 2 aromatic rings. The van der Waals surface area contributed by atoms with E-state index in [1.54, 1.807) is 19.9 Å². The third-order valence-corrected chi connectivity index (χ3v) is 6.22. The Kier molecular flexibility index (Phi) is 9.80. The van der Waals surface area contributed by atoms with Crippen molar-refractivity contribution < 1.29 is 23.5 Å². The molecule has 6 N–H and O–H groups in total. The molecule has 1 aliphatic heterocycles. The van der Waals surface area contributed by atoms with Crippen LogP contribution in [0, 0.1) is 19.7 Å². The second-order valence-electron chi connectivity index (χ2n) is 8.77. The summed E-state index contributed by atoms with van der Waals surface area (Å²) in [5, 5.41) is 8.32. The highest BCUT2D eigenvalue weighted by Crippen LogP contribution is 2.30. The molecule has 1 aromatic heterocycles. The summed E-state index contributed by atoms with van der Waals surface area (Å²) in [5.74, 6) is -2.30. The number of halogens is 1. The molecule has 0 bridgehead atoms. The molecule has 3 rings (SSSR count). The highest BCUT2D eigenvalue weighted by Gasteiger charge is 2.36. The summed E-state index contributed by atoms with van der Waals surface area (Å²) >= 11 is 0. The predicted octanol–water partition coefficient (Wildman–Crippen LogP) is 2.18. The molecule has 38 heavy (non-hydrogen) atoms. The van der Waals surface area contributed by atoms with E-state index in [4.69, 9.17) is 10.5 Å². The maximum Gasteiger partial charge on any atom is 0.260 e. The van der Waals surface area contributed by atoms with Crippen molar-refractivity contribution in [3.8, 4) is 0 Å². The van der Waals surface area contributed by atoms with Crippen LogP contribution in [0.4, 0.5) is 10.1 Å². The Morgan fingerprint density at radius 1 is 1.13 bits per heavy atom.